The predicted octanol–water partition coefficient (Wildman–Crippen LogP) is 5.21. The molecule has 2 aliphatic heterocycles. The van der Waals surface area contributed by atoms with Crippen LogP contribution in [0.1, 0.15) is 40.7 Å². The Labute approximate surface area is 195 Å². The normalized spacial score (nSPS) is 21.7. The highest BCUT2D eigenvalue weighted by molar-refractivity contribution is 7.10. The van der Waals surface area contributed by atoms with Crippen LogP contribution in [-0.2, 0) is 4.79 Å². The molecular weight excluding hydrogens is 428 g/mol. The first-order valence-electron chi connectivity index (χ1n) is 10.9. The molecule has 160 valence electrons. The lowest BCUT2D eigenvalue weighted by Gasteiger charge is -2.43. The van der Waals surface area contributed by atoms with Gasteiger partial charge >= 0.3 is 0 Å². The number of nitriles is 1. The van der Waals surface area contributed by atoms with E-state index in [1.165, 1.54) is 0 Å². The maximum absolute atomic E-state index is 13.8. The van der Waals surface area contributed by atoms with Gasteiger partial charge in [0.15, 0.2) is 11.6 Å². The summed E-state index contributed by atoms with van der Waals surface area (Å²) in [5, 5.41) is 12.2. The van der Waals surface area contributed by atoms with Gasteiger partial charge < -0.3 is 5.73 Å². The highest BCUT2D eigenvalue weighted by Gasteiger charge is 2.45. The smallest absolute Gasteiger partial charge is 0.162 e. The van der Waals surface area contributed by atoms with E-state index >= 15 is 0 Å². The molecule has 2 aromatic carbocycles. The van der Waals surface area contributed by atoms with Gasteiger partial charge in [-0.05, 0) is 41.5 Å². The summed E-state index contributed by atoms with van der Waals surface area (Å²) in [6.45, 7) is 0. The number of hydrogen-bond donors (Lipinski definition) is 1. The summed E-state index contributed by atoms with van der Waals surface area (Å²) in [7, 11) is 0. The minimum absolute atomic E-state index is 0.0711. The van der Waals surface area contributed by atoms with Gasteiger partial charge in [0.05, 0.1) is 23.2 Å². The number of allylic oxidation sites excluding steroid dienone is 3. The van der Waals surface area contributed by atoms with Gasteiger partial charge in [-0.25, -0.2) is 4.99 Å². The van der Waals surface area contributed by atoms with Crippen molar-refractivity contribution in [3.8, 4) is 6.07 Å². The number of carbonyl (C=O) groups is 1. The van der Waals surface area contributed by atoms with E-state index in [0.29, 0.717) is 30.1 Å². The lowest BCUT2D eigenvalue weighted by Crippen LogP contribution is -2.40. The number of Topliss-reactive ketones (excluding diaryl/α,β-unsaturated/α-hetero) is 1. The fourth-order valence-corrected chi connectivity index (χ4v) is 6.06. The van der Waals surface area contributed by atoms with E-state index in [1.54, 1.807) is 11.3 Å². The van der Waals surface area contributed by atoms with Gasteiger partial charge in [-0.1, -0.05) is 48.5 Å². The van der Waals surface area contributed by atoms with Crippen LogP contribution in [0.4, 0.5) is 5.69 Å². The van der Waals surface area contributed by atoms with Crippen LogP contribution in [0.2, 0.25) is 0 Å². The van der Waals surface area contributed by atoms with Crippen LogP contribution < -0.4 is 10.6 Å². The van der Waals surface area contributed by atoms with E-state index in [2.05, 4.69) is 18.2 Å². The lowest BCUT2D eigenvalue weighted by molar-refractivity contribution is -0.116. The van der Waals surface area contributed by atoms with Crippen LogP contribution in [-0.4, -0.2) is 11.6 Å². The van der Waals surface area contributed by atoms with Crippen LogP contribution in [0, 0.1) is 11.3 Å². The molecule has 2 atom stereocenters. The largest absolute Gasteiger partial charge is 0.383 e. The molecule has 0 saturated carbocycles. The predicted molar refractivity (Wildman–Crippen MR) is 130 cm³/mol. The molecule has 0 fully saturated rings. The van der Waals surface area contributed by atoms with Crippen LogP contribution in [0.5, 0.6) is 0 Å². The summed E-state index contributed by atoms with van der Waals surface area (Å²) in [4.78, 5) is 21.5. The zero-order valence-corrected chi connectivity index (χ0v) is 18.5. The van der Waals surface area contributed by atoms with Crippen molar-refractivity contribution in [2.45, 2.75) is 24.7 Å². The third kappa shape index (κ3) is 2.97. The van der Waals surface area contributed by atoms with Crippen molar-refractivity contribution in [3.63, 3.8) is 0 Å². The van der Waals surface area contributed by atoms with Gasteiger partial charge in [0.2, 0.25) is 0 Å². The zero-order chi connectivity index (χ0) is 22.5. The molecule has 2 N–H and O–H groups in total. The summed E-state index contributed by atoms with van der Waals surface area (Å²) in [6.07, 6.45) is 1.12. The number of anilines is 1. The number of hydrogen-bond acceptors (Lipinski definition) is 6. The second kappa shape index (κ2) is 7.58. The molecule has 0 spiro atoms. The maximum atomic E-state index is 13.8. The lowest BCUT2D eigenvalue weighted by atomic mass is 9.73. The maximum Gasteiger partial charge on any atom is 0.162 e. The molecule has 0 unspecified atom stereocenters. The van der Waals surface area contributed by atoms with Crippen molar-refractivity contribution in [2.24, 2.45) is 10.7 Å². The first kappa shape index (κ1) is 19.7. The van der Waals surface area contributed by atoms with Crippen LogP contribution in [0.15, 0.2) is 99.8 Å². The van der Waals surface area contributed by atoms with Crippen molar-refractivity contribution in [1.82, 2.24) is 0 Å². The Morgan fingerprint density at radius 2 is 1.82 bits per heavy atom. The second-order valence-electron chi connectivity index (χ2n) is 8.45. The first-order chi connectivity index (χ1) is 16.2. The Balaban J connectivity index is 1.61. The van der Waals surface area contributed by atoms with E-state index in [-0.39, 0.29) is 11.7 Å². The highest BCUT2D eigenvalue weighted by atomic mass is 32.1. The third-order valence-corrected chi connectivity index (χ3v) is 7.59. The summed E-state index contributed by atoms with van der Waals surface area (Å²) in [5.41, 5.74) is 11.3. The van der Waals surface area contributed by atoms with Gasteiger partial charge in [0.1, 0.15) is 5.84 Å². The third-order valence-electron chi connectivity index (χ3n) is 6.65. The molecule has 0 saturated heterocycles. The number of nitrogens with zero attached hydrogens (tertiary/aromatic N) is 3. The van der Waals surface area contributed by atoms with Crippen LogP contribution in [0.25, 0.3) is 0 Å². The topological polar surface area (TPSA) is 82.5 Å². The Bertz CT molecular complexity index is 1410. The number of thiophene rings is 1. The highest BCUT2D eigenvalue weighted by Crippen LogP contribution is 2.52. The molecule has 6 heteroatoms. The Kier molecular flexibility index (Phi) is 4.53. The molecule has 5 nitrogen and oxygen atoms in total. The zero-order valence-electron chi connectivity index (χ0n) is 17.7. The summed E-state index contributed by atoms with van der Waals surface area (Å²) in [6, 6.07) is 24.3. The molecule has 6 rings (SSSR count). The van der Waals surface area contributed by atoms with Gasteiger partial charge in [0, 0.05) is 28.1 Å². The molecule has 0 bridgehead atoms. The fraction of sp³-hybridized carbons (Fsp3) is 0.148. The van der Waals surface area contributed by atoms with E-state index in [0.717, 1.165) is 33.0 Å². The second-order valence-corrected chi connectivity index (χ2v) is 9.43. The number of carbonyl (C=O) groups excluding carboxylic acids is 1. The number of ketones is 1. The van der Waals surface area contributed by atoms with E-state index in [4.69, 9.17) is 10.7 Å². The Hall–Kier alpha value is -3.95. The number of para-hydroxylation sites is 1. The number of rotatable bonds is 2. The Morgan fingerprint density at radius 3 is 2.58 bits per heavy atom. The van der Waals surface area contributed by atoms with Gasteiger partial charge in [0.25, 0.3) is 0 Å². The summed E-state index contributed by atoms with van der Waals surface area (Å²) in [5.74, 6) is 0.673. The molecule has 33 heavy (non-hydrogen) atoms. The van der Waals surface area contributed by atoms with E-state index in [9.17, 15) is 10.1 Å². The van der Waals surface area contributed by atoms with Crippen molar-refractivity contribution in [2.75, 3.05) is 4.90 Å². The molecule has 1 aromatic heterocycles. The number of fused-ring (bicyclic) bond motifs is 4. The number of benzene rings is 2. The van der Waals surface area contributed by atoms with Crippen LogP contribution >= 0.6 is 11.3 Å². The van der Waals surface area contributed by atoms with Crippen molar-refractivity contribution < 1.29 is 4.79 Å². The average Bonchev–Trinajstić information content (AvgIpc) is 3.38. The minimum Gasteiger partial charge on any atom is -0.383 e. The summed E-state index contributed by atoms with van der Waals surface area (Å²) < 4.78 is 0. The molecular formula is C27H20N4OS. The minimum atomic E-state index is -0.415. The van der Waals surface area contributed by atoms with Gasteiger partial charge in [-0.2, -0.15) is 5.26 Å². The SMILES string of the molecule is N#CC1=C2N=C(N)c3ccccc3N2C2=C(C(=O)C[C@H](c3ccccc3)C2)[C@@H]1c1cccs1. The van der Waals surface area contributed by atoms with Gasteiger partial charge in [-0.15, -0.1) is 11.3 Å². The standard InChI is InChI=1S/C27H20N4OS/c28-15-19-24(23-11-6-12-33-23)25-21(13-17(14-22(25)32)16-7-2-1-3-8-16)31-20-10-5-4-9-18(20)26(29)30-27(19)31/h1-12,17,24H,13-14H2,(H2,29,30)/t17-,24+/m1/s1. The quantitative estimate of drug-likeness (QED) is 0.584. The van der Waals surface area contributed by atoms with Crippen molar-refractivity contribution in [1.29, 1.82) is 5.26 Å². The van der Waals surface area contributed by atoms with Crippen molar-refractivity contribution >= 4 is 28.6 Å². The van der Waals surface area contributed by atoms with E-state index in [1.807, 2.05) is 64.9 Å². The van der Waals surface area contributed by atoms with Crippen LogP contribution in [0.3, 0.4) is 0 Å². The summed E-state index contributed by atoms with van der Waals surface area (Å²) >= 11 is 1.56. The molecule has 3 aromatic rings. The Morgan fingerprint density at radius 1 is 1.03 bits per heavy atom. The molecule has 3 heterocycles. The monoisotopic (exact) mass is 448 g/mol. The number of nitrogens with two attached hydrogens (primary N) is 1. The first-order valence-corrected chi connectivity index (χ1v) is 11.8. The molecule has 0 amide bonds. The molecule has 1 aliphatic carbocycles. The van der Waals surface area contributed by atoms with Crippen molar-refractivity contribution in [3.05, 3.63) is 111 Å². The van der Waals surface area contributed by atoms with E-state index < -0.39 is 5.92 Å². The molecule has 3 aliphatic rings. The van der Waals surface area contributed by atoms with Gasteiger partial charge in [-0.3, -0.25) is 9.69 Å². The number of amidine groups is 1. The average molecular weight is 449 g/mol. The molecule has 0 radical (unpaired) electrons. The fourth-order valence-electron chi connectivity index (χ4n) is 5.22. The number of aliphatic imine (C=N–C) groups is 1.